The lowest BCUT2D eigenvalue weighted by Crippen LogP contribution is -2.39. The Morgan fingerprint density at radius 1 is 1.67 bits per heavy atom. The number of rotatable bonds is 2. The quantitative estimate of drug-likeness (QED) is 0.838. The van der Waals surface area contributed by atoms with Gasteiger partial charge in [0.05, 0.1) is 17.4 Å². The molecule has 5 heteroatoms. The Morgan fingerprint density at radius 3 is 3.17 bits per heavy atom. The topological polar surface area (TPSA) is 59.2 Å². The van der Waals surface area contributed by atoms with E-state index in [1.807, 2.05) is 4.90 Å². The average molecular weight is 268 g/mol. The van der Waals surface area contributed by atoms with E-state index in [1.54, 1.807) is 6.07 Å². The van der Waals surface area contributed by atoms with Gasteiger partial charge in [-0.3, -0.25) is 4.79 Å². The molecule has 0 spiro atoms. The molecule has 1 fully saturated rings. The first-order chi connectivity index (χ1) is 8.61. The summed E-state index contributed by atoms with van der Waals surface area (Å²) in [4.78, 5) is 18.2. The summed E-state index contributed by atoms with van der Waals surface area (Å²) in [6.45, 7) is 3.76. The molecule has 1 saturated heterocycles. The van der Waals surface area contributed by atoms with Crippen molar-refractivity contribution in [2.24, 2.45) is 5.92 Å². The summed E-state index contributed by atoms with van der Waals surface area (Å²) in [6.07, 6.45) is 4.82. The lowest BCUT2D eigenvalue weighted by molar-refractivity contribution is 0.0671. The first-order valence-corrected chi connectivity index (χ1v) is 6.70. The number of nitrogens with zero attached hydrogens (tertiary/aromatic N) is 2. The van der Waals surface area contributed by atoms with Crippen LogP contribution in [0.15, 0.2) is 12.3 Å². The van der Waals surface area contributed by atoms with Crippen molar-refractivity contribution in [2.45, 2.75) is 26.2 Å². The van der Waals surface area contributed by atoms with Crippen molar-refractivity contribution in [1.29, 1.82) is 0 Å². The molecule has 1 aliphatic rings. The Labute approximate surface area is 112 Å². The number of pyridine rings is 1. The number of carbonyl (C=O) groups excluding carboxylic acids is 1. The van der Waals surface area contributed by atoms with Gasteiger partial charge in [-0.1, -0.05) is 24.9 Å². The summed E-state index contributed by atoms with van der Waals surface area (Å²) in [5.74, 6) is 0.536. The largest absolute Gasteiger partial charge is 0.397 e. The number of amides is 1. The first kappa shape index (κ1) is 13.1. The summed E-state index contributed by atoms with van der Waals surface area (Å²) in [6, 6.07) is 1.60. The van der Waals surface area contributed by atoms with Gasteiger partial charge in [-0.05, 0) is 24.8 Å². The Hall–Kier alpha value is -1.29. The molecule has 4 nitrogen and oxygen atoms in total. The van der Waals surface area contributed by atoms with Gasteiger partial charge in [0.2, 0.25) is 0 Å². The van der Waals surface area contributed by atoms with Gasteiger partial charge < -0.3 is 10.6 Å². The zero-order valence-corrected chi connectivity index (χ0v) is 11.3. The van der Waals surface area contributed by atoms with E-state index >= 15 is 0 Å². The highest BCUT2D eigenvalue weighted by Crippen LogP contribution is 2.23. The van der Waals surface area contributed by atoms with Crippen LogP contribution >= 0.6 is 11.6 Å². The van der Waals surface area contributed by atoms with Crippen LogP contribution in [-0.4, -0.2) is 28.9 Å². The molecule has 18 heavy (non-hydrogen) atoms. The van der Waals surface area contributed by atoms with Crippen LogP contribution in [0.5, 0.6) is 0 Å². The van der Waals surface area contributed by atoms with Gasteiger partial charge in [-0.25, -0.2) is 4.98 Å². The molecule has 0 saturated carbocycles. The second kappa shape index (κ2) is 5.57. The maximum atomic E-state index is 12.4. The fourth-order valence-electron chi connectivity index (χ4n) is 2.37. The second-order valence-corrected chi connectivity index (χ2v) is 5.13. The highest BCUT2D eigenvalue weighted by molar-refractivity contribution is 6.32. The number of nitrogen functional groups attached to an aromatic ring is 1. The molecule has 0 aliphatic carbocycles. The van der Waals surface area contributed by atoms with E-state index in [4.69, 9.17) is 17.3 Å². The Bertz CT molecular complexity index is 450. The van der Waals surface area contributed by atoms with Gasteiger partial charge in [-0.15, -0.1) is 0 Å². The molecular formula is C13H18ClN3O. The minimum absolute atomic E-state index is 0.0575. The zero-order chi connectivity index (χ0) is 13.1. The molecule has 1 unspecified atom stereocenters. The van der Waals surface area contributed by atoms with Crippen molar-refractivity contribution >= 4 is 23.2 Å². The van der Waals surface area contributed by atoms with Gasteiger partial charge in [0.15, 0.2) is 0 Å². The highest BCUT2D eigenvalue weighted by atomic mass is 35.5. The van der Waals surface area contributed by atoms with Crippen molar-refractivity contribution < 1.29 is 4.79 Å². The lowest BCUT2D eigenvalue weighted by Gasteiger charge is -2.32. The molecule has 1 atom stereocenters. The van der Waals surface area contributed by atoms with Crippen molar-refractivity contribution in [2.75, 3.05) is 18.8 Å². The van der Waals surface area contributed by atoms with E-state index in [0.29, 0.717) is 17.2 Å². The van der Waals surface area contributed by atoms with E-state index in [9.17, 15) is 4.79 Å². The average Bonchev–Trinajstić information content (AvgIpc) is 2.41. The minimum atomic E-state index is -0.0575. The molecule has 2 rings (SSSR count). The van der Waals surface area contributed by atoms with Crippen LogP contribution in [-0.2, 0) is 0 Å². The van der Waals surface area contributed by atoms with E-state index in [-0.39, 0.29) is 11.1 Å². The van der Waals surface area contributed by atoms with Crippen LogP contribution in [0, 0.1) is 5.92 Å². The number of aromatic nitrogens is 1. The Morgan fingerprint density at radius 2 is 2.44 bits per heavy atom. The molecule has 1 aliphatic heterocycles. The molecule has 0 radical (unpaired) electrons. The van der Waals surface area contributed by atoms with Gasteiger partial charge in [0.1, 0.15) is 5.15 Å². The smallest absolute Gasteiger partial charge is 0.257 e. The first-order valence-electron chi connectivity index (χ1n) is 6.32. The fraction of sp³-hybridized carbons (Fsp3) is 0.538. The van der Waals surface area contributed by atoms with Crippen molar-refractivity contribution in [3.63, 3.8) is 0 Å². The third kappa shape index (κ3) is 2.75. The number of piperidine rings is 1. The monoisotopic (exact) mass is 267 g/mol. The van der Waals surface area contributed by atoms with Gasteiger partial charge in [-0.2, -0.15) is 0 Å². The number of nitrogens with two attached hydrogens (primary N) is 1. The van der Waals surface area contributed by atoms with Crippen LogP contribution in [0.1, 0.15) is 36.5 Å². The van der Waals surface area contributed by atoms with Gasteiger partial charge in [0.25, 0.3) is 5.91 Å². The van der Waals surface area contributed by atoms with Gasteiger partial charge >= 0.3 is 0 Å². The molecule has 2 N–H and O–H groups in total. The normalized spacial score (nSPS) is 19.9. The number of hydrogen-bond donors (Lipinski definition) is 1. The van der Waals surface area contributed by atoms with Crippen LogP contribution < -0.4 is 5.73 Å². The summed E-state index contributed by atoms with van der Waals surface area (Å²) >= 11 is 5.97. The maximum Gasteiger partial charge on any atom is 0.257 e. The molecular weight excluding hydrogens is 250 g/mol. The summed E-state index contributed by atoms with van der Waals surface area (Å²) in [5.41, 5.74) is 6.53. The third-order valence-electron chi connectivity index (χ3n) is 3.47. The summed E-state index contributed by atoms with van der Waals surface area (Å²) in [5, 5.41) is 0.229. The van der Waals surface area contributed by atoms with Crippen molar-refractivity contribution in [1.82, 2.24) is 9.88 Å². The molecule has 1 aromatic rings. The molecule has 2 heterocycles. The lowest BCUT2D eigenvalue weighted by atomic mass is 9.95. The molecule has 98 valence electrons. The number of likely N-dealkylation sites (tertiary alicyclic amines) is 1. The SMILES string of the molecule is CCC1CCCN(C(=O)c2cc(N)cnc2Cl)C1. The summed E-state index contributed by atoms with van der Waals surface area (Å²) in [7, 11) is 0. The third-order valence-corrected chi connectivity index (χ3v) is 3.78. The molecule has 1 amide bonds. The number of anilines is 1. The van der Waals surface area contributed by atoms with E-state index in [0.717, 1.165) is 25.9 Å². The predicted molar refractivity (Wildman–Crippen MR) is 72.6 cm³/mol. The number of carbonyl (C=O) groups is 1. The van der Waals surface area contributed by atoms with E-state index in [1.165, 1.54) is 12.6 Å². The van der Waals surface area contributed by atoms with Crippen LogP contribution in [0.2, 0.25) is 5.15 Å². The van der Waals surface area contributed by atoms with Crippen molar-refractivity contribution in [3.8, 4) is 0 Å². The van der Waals surface area contributed by atoms with E-state index < -0.39 is 0 Å². The molecule has 0 aromatic carbocycles. The Kier molecular flexibility index (Phi) is 4.07. The second-order valence-electron chi connectivity index (χ2n) is 4.77. The van der Waals surface area contributed by atoms with Crippen LogP contribution in [0.3, 0.4) is 0 Å². The Balaban J connectivity index is 2.17. The number of hydrogen-bond acceptors (Lipinski definition) is 3. The number of halogens is 1. The standard InChI is InChI=1S/C13H18ClN3O/c1-2-9-4-3-5-17(8-9)13(18)11-6-10(15)7-16-12(11)14/h6-7,9H,2-5,8,15H2,1H3. The summed E-state index contributed by atoms with van der Waals surface area (Å²) < 4.78 is 0. The van der Waals surface area contributed by atoms with E-state index in [2.05, 4.69) is 11.9 Å². The molecule has 0 bridgehead atoms. The fourth-order valence-corrected chi connectivity index (χ4v) is 2.55. The predicted octanol–water partition coefficient (Wildman–Crippen LogP) is 2.58. The van der Waals surface area contributed by atoms with Gasteiger partial charge in [0, 0.05) is 13.1 Å². The highest BCUT2D eigenvalue weighted by Gasteiger charge is 2.25. The van der Waals surface area contributed by atoms with Crippen LogP contribution in [0.25, 0.3) is 0 Å². The molecule has 1 aromatic heterocycles. The maximum absolute atomic E-state index is 12.4. The van der Waals surface area contributed by atoms with Crippen LogP contribution in [0.4, 0.5) is 5.69 Å². The zero-order valence-electron chi connectivity index (χ0n) is 10.5. The van der Waals surface area contributed by atoms with Crippen molar-refractivity contribution in [3.05, 3.63) is 23.0 Å². The minimum Gasteiger partial charge on any atom is -0.397 e.